The van der Waals surface area contributed by atoms with Crippen molar-refractivity contribution in [2.75, 3.05) is 0 Å². The van der Waals surface area contributed by atoms with E-state index in [1.54, 1.807) is 0 Å². The highest BCUT2D eigenvalue weighted by molar-refractivity contribution is 5.71. The first kappa shape index (κ1) is 26.4. The maximum absolute atomic E-state index is 11.9. The number of hydrogen-bond acceptors (Lipinski definition) is 4. The van der Waals surface area contributed by atoms with Crippen molar-refractivity contribution in [2.45, 2.75) is 131 Å². The largest absolute Gasteiger partial charge is 0.348 e. The average molecular weight is 387 g/mol. The van der Waals surface area contributed by atoms with Crippen molar-refractivity contribution in [1.82, 2.24) is 0 Å². The molecule has 162 valence electrons. The summed E-state index contributed by atoms with van der Waals surface area (Å²) in [6, 6.07) is 0. The number of unbranched alkanes of at least 4 members (excludes halogenated alkanes) is 4. The van der Waals surface area contributed by atoms with Crippen molar-refractivity contribution in [3.8, 4) is 0 Å². The molecule has 27 heavy (non-hydrogen) atoms. The van der Waals surface area contributed by atoms with Crippen molar-refractivity contribution >= 4 is 5.97 Å². The topological polar surface area (TPSA) is 44.8 Å². The van der Waals surface area contributed by atoms with Crippen molar-refractivity contribution in [3.05, 3.63) is 0 Å². The summed E-state index contributed by atoms with van der Waals surface area (Å²) >= 11 is 0. The minimum atomic E-state index is -0.411. The summed E-state index contributed by atoms with van der Waals surface area (Å²) in [6.45, 7) is 12.6. The standard InChI is InChI=1S/C17H32O4.C6H14/c1-5-7-11-14(6-2)16(18)19-21-20-17(3,4)15-12-9-8-10-13-15;1-3-5-6-4-2/h14-15H,5-13H2,1-4H3;3-6H2,1-2H3. The van der Waals surface area contributed by atoms with E-state index in [2.05, 4.69) is 20.8 Å². The van der Waals surface area contributed by atoms with Gasteiger partial charge in [0.05, 0.1) is 5.92 Å². The Hall–Kier alpha value is -0.610. The van der Waals surface area contributed by atoms with Gasteiger partial charge in [0.15, 0.2) is 0 Å². The SMILES string of the molecule is CCCCC(CC)C(=O)OOOC(C)(C)C1CCCCC1.CCCCCC. The summed E-state index contributed by atoms with van der Waals surface area (Å²) in [5, 5.41) is 4.83. The predicted octanol–water partition coefficient (Wildman–Crippen LogP) is 7.55. The first-order chi connectivity index (χ1) is 12.9. The summed E-state index contributed by atoms with van der Waals surface area (Å²) in [5.41, 5.74) is -0.411. The molecule has 4 nitrogen and oxygen atoms in total. The highest BCUT2D eigenvalue weighted by Gasteiger charge is 2.33. The van der Waals surface area contributed by atoms with Crippen molar-refractivity contribution in [1.29, 1.82) is 0 Å². The van der Waals surface area contributed by atoms with Crippen molar-refractivity contribution in [2.24, 2.45) is 11.8 Å². The minimum absolute atomic E-state index is 0.0913. The molecule has 0 saturated heterocycles. The van der Waals surface area contributed by atoms with E-state index < -0.39 is 5.60 Å². The van der Waals surface area contributed by atoms with Gasteiger partial charge in [0.1, 0.15) is 5.60 Å². The molecular weight excluding hydrogens is 340 g/mol. The van der Waals surface area contributed by atoms with Gasteiger partial charge in [-0.3, -0.25) is 4.89 Å². The molecule has 0 bridgehead atoms. The summed E-state index contributed by atoms with van der Waals surface area (Å²) in [4.78, 5) is 22.2. The van der Waals surface area contributed by atoms with Crippen molar-refractivity contribution in [3.63, 3.8) is 0 Å². The second-order valence-electron chi connectivity index (χ2n) is 8.45. The first-order valence-electron chi connectivity index (χ1n) is 11.5. The van der Waals surface area contributed by atoms with Crippen LogP contribution in [-0.4, -0.2) is 11.6 Å². The smallest absolute Gasteiger partial charge is 0.269 e. The lowest BCUT2D eigenvalue weighted by Gasteiger charge is -2.34. The molecule has 0 radical (unpaired) electrons. The molecule has 1 aliphatic rings. The van der Waals surface area contributed by atoms with Gasteiger partial charge >= 0.3 is 5.97 Å². The van der Waals surface area contributed by atoms with Crippen LogP contribution in [0.4, 0.5) is 0 Å². The quantitative estimate of drug-likeness (QED) is 0.197. The lowest BCUT2D eigenvalue weighted by molar-refractivity contribution is -0.523. The van der Waals surface area contributed by atoms with Crippen LogP contribution >= 0.6 is 0 Å². The maximum atomic E-state index is 11.9. The lowest BCUT2D eigenvalue weighted by Crippen LogP contribution is -2.36. The zero-order valence-corrected chi connectivity index (χ0v) is 19.0. The number of rotatable bonds is 12. The van der Waals surface area contributed by atoms with Gasteiger partial charge in [-0.1, -0.05) is 85.5 Å². The van der Waals surface area contributed by atoms with Crippen molar-refractivity contribution < 1.29 is 19.6 Å². The van der Waals surface area contributed by atoms with E-state index in [-0.39, 0.29) is 11.9 Å². The van der Waals surface area contributed by atoms with E-state index >= 15 is 0 Å². The maximum Gasteiger partial charge on any atom is 0.348 e. The predicted molar refractivity (Wildman–Crippen MR) is 112 cm³/mol. The molecule has 1 aliphatic carbocycles. The normalized spacial score (nSPS) is 16.4. The Morgan fingerprint density at radius 1 is 0.926 bits per heavy atom. The number of carbonyl (C=O) groups is 1. The summed E-state index contributed by atoms with van der Waals surface area (Å²) in [5.74, 6) is 0.0590. The van der Waals surface area contributed by atoms with Crippen LogP contribution in [0, 0.1) is 11.8 Å². The highest BCUT2D eigenvalue weighted by Crippen LogP contribution is 2.34. The summed E-state index contributed by atoms with van der Waals surface area (Å²) < 4.78 is 0. The van der Waals surface area contributed by atoms with Crippen LogP contribution in [0.1, 0.15) is 125 Å². The highest BCUT2D eigenvalue weighted by atomic mass is 17.5. The second kappa shape index (κ2) is 16.4. The zero-order valence-electron chi connectivity index (χ0n) is 19.0. The minimum Gasteiger partial charge on any atom is -0.269 e. The molecule has 0 aromatic heterocycles. The van der Waals surface area contributed by atoms with Gasteiger partial charge in [-0.2, -0.15) is 4.89 Å². The van der Waals surface area contributed by atoms with E-state index in [0.29, 0.717) is 5.92 Å². The van der Waals surface area contributed by atoms with Gasteiger partial charge in [0.2, 0.25) is 0 Å². The van der Waals surface area contributed by atoms with E-state index in [1.807, 2.05) is 20.8 Å². The van der Waals surface area contributed by atoms with Crippen LogP contribution in [0.3, 0.4) is 0 Å². The molecule has 1 rings (SSSR count). The monoisotopic (exact) mass is 386 g/mol. The number of carbonyl (C=O) groups excluding carboxylic acids is 1. The molecule has 0 heterocycles. The zero-order chi connectivity index (χ0) is 20.5. The van der Waals surface area contributed by atoms with E-state index in [9.17, 15) is 4.79 Å². The first-order valence-corrected chi connectivity index (χ1v) is 11.5. The molecule has 0 aliphatic heterocycles. The van der Waals surface area contributed by atoms with Gasteiger partial charge in [-0.05, 0) is 50.5 Å². The van der Waals surface area contributed by atoms with Gasteiger partial charge in [0.25, 0.3) is 0 Å². The second-order valence-corrected chi connectivity index (χ2v) is 8.45. The summed E-state index contributed by atoms with van der Waals surface area (Å²) in [7, 11) is 0. The molecule has 0 spiro atoms. The summed E-state index contributed by atoms with van der Waals surface area (Å²) in [6.07, 6.45) is 15.4. The molecule has 1 unspecified atom stereocenters. The van der Waals surface area contributed by atoms with Crippen LogP contribution in [-0.2, 0) is 19.6 Å². The van der Waals surface area contributed by atoms with Crippen LogP contribution in [0.5, 0.6) is 0 Å². The van der Waals surface area contributed by atoms with E-state index in [1.165, 1.54) is 44.9 Å². The van der Waals surface area contributed by atoms with Gasteiger partial charge in [0, 0.05) is 0 Å². The lowest BCUT2D eigenvalue weighted by atomic mass is 9.79. The average Bonchev–Trinajstić information content (AvgIpc) is 2.68. The molecular formula is C23H46O4. The van der Waals surface area contributed by atoms with E-state index in [0.717, 1.165) is 38.5 Å². The molecule has 0 aromatic rings. The molecule has 1 atom stereocenters. The fourth-order valence-electron chi connectivity index (χ4n) is 3.51. The Kier molecular flexibility index (Phi) is 16.0. The molecule has 4 heteroatoms. The Bertz CT molecular complexity index is 344. The third kappa shape index (κ3) is 12.5. The molecule has 0 N–H and O–H groups in total. The third-order valence-corrected chi connectivity index (χ3v) is 5.64. The number of hydrogen-bond donors (Lipinski definition) is 0. The van der Waals surface area contributed by atoms with Gasteiger partial charge in [-0.25, -0.2) is 4.79 Å². The fourth-order valence-corrected chi connectivity index (χ4v) is 3.51. The van der Waals surface area contributed by atoms with Crippen LogP contribution in [0.25, 0.3) is 0 Å². The third-order valence-electron chi connectivity index (χ3n) is 5.64. The van der Waals surface area contributed by atoms with Crippen LogP contribution in [0.15, 0.2) is 0 Å². The van der Waals surface area contributed by atoms with Gasteiger partial charge in [-0.15, -0.1) is 0 Å². The molecule has 1 saturated carbocycles. The Morgan fingerprint density at radius 2 is 1.48 bits per heavy atom. The Balaban J connectivity index is 0.000000972. The van der Waals surface area contributed by atoms with E-state index in [4.69, 9.17) is 14.8 Å². The molecule has 0 amide bonds. The fraction of sp³-hybridized carbons (Fsp3) is 0.957. The Labute approximate surface area is 168 Å². The molecule has 1 fully saturated rings. The van der Waals surface area contributed by atoms with Crippen LogP contribution < -0.4 is 0 Å². The Morgan fingerprint density at radius 3 is 1.96 bits per heavy atom. The van der Waals surface area contributed by atoms with Crippen LogP contribution in [0.2, 0.25) is 0 Å². The van der Waals surface area contributed by atoms with Gasteiger partial charge < -0.3 is 0 Å². The molecule has 0 aromatic carbocycles.